The van der Waals surface area contributed by atoms with Crippen LogP contribution in [0.25, 0.3) is 5.69 Å². The van der Waals surface area contributed by atoms with Crippen molar-refractivity contribution in [1.82, 2.24) is 9.78 Å². The average molecular weight is 215 g/mol. The SMILES string of the molecule is Nc1nn(-c2ccc(O)cc2)c2c1CCC2. The summed E-state index contributed by atoms with van der Waals surface area (Å²) in [6, 6.07) is 7.02. The van der Waals surface area contributed by atoms with Crippen molar-refractivity contribution in [3.8, 4) is 11.4 Å². The zero-order valence-corrected chi connectivity index (χ0v) is 8.85. The van der Waals surface area contributed by atoms with Crippen LogP contribution >= 0.6 is 0 Å². The molecule has 1 aromatic carbocycles. The third-order valence-corrected chi connectivity index (χ3v) is 3.06. The summed E-state index contributed by atoms with van der Waals surface area (Å²) in [5.74, 6) is 0.904. The number of phenols is 1. The number of nitrogens with zero attached hydrogens (tertiary/aromatic N) is 2. The van der Waals surface area contributed by atoms with E-state index in [1.807, 2.05) is 16.8 Å². The summed E-state index contributed by atoms with van der Waals surface area (Å²) in [5, 5.41) is 13.6. The summed E-state index contributed by atoms with van der Waals surface area (Å²) in [6.07, 6.45) is 3.20. The second-order valence-electron chi connectivity index (χ2n) is 4.09. The average Bonchev–Trinajstić information content (AvgIpc) is 2.84. The van der Waals surface area contributed by atoms with Crippen LogP contribution < -0.4 is 5.73 Å². The normalized spacial score (nSPS) is 14.0. The Bertz CT molecular complexity index is 528. The highest BCUT2D eigenvalue weighted by molar-refractivity contribution is 5.49. The van der Waals surface area contributed by atoms with Crippen molar-refractivity contribution < 1.29 is 5.11 Å². The molecule has 1 aliphatic carbocycles. The van der Waals surface area contributed by atoms with Crippen LogP contribution in [0, 0.1) is 0 Å². The Morgan fingerprint density at radius 1 is 1.19 bits per heavy atom. The van der Waals surface area contributed by atoms with Gasteiger partial charge in [0.15, 0.2) is 0 Å². The van der Waals surface area contributed by atoms with Gasteiger partial charge < -0.3 is 10.8 Å². The van der Waals surface area contributed by atoms with E-state index in [9.17, 15) is 5.11 Å². The van der Waals surface area contributed by atoms with E-state index in [4.69, 9.17) is 5.73 Å². The van der Waals surface area contributed by atoms with Gasteiger partial charge in [0.2, 0.25) is 0 Å². The second-order valence-corrected chi connectivity index (χ2v) is 4.09. The lowest BCUT2D eigenvalue weighted by Gasteiger charge is -2.04. The maximum Gasteiger partial charge on any atom is 0.149 e. The smallest absolute Gasteiger partial charge is 0.149 e. The Morgan fingerprint density at radius 3 is 2.69 bits per heavy atom. The summed E-state index contributed by atoms with van der Waals surface area (Å²) in [7, 11) is 0. The highest BCUT2D eigenvalue weighted by Gasteiger charge is 2.21. The van der Waals surface area contributed by atoms with Gasteiger partial charge in [-0.25, -0.2) is 4.68 Å². The standard InChI is InChI=1S/C12H13N3O/c13-12-10-2-1-3-11(10)15(14-12)8-4-6-9(16)7-5-8/h4-7,16H,1-3H2,(H2,13,14). The third-order valence-electron chi connectivity index (χ3n) is 3.06. The van der Waals surface area contributed by atoms with Gasteiger partial charge in [0.05, 0.1) is 5.69 Å². The molecule has 1 aliphatic rings. The Hall–Kier alpha value is -1.97. The van der Waals surface area contributed by atoms with Crippen LogP contribution in [0.2, 0.25) is 0 Å². The minimum atomic E-state index is 0.264. The summed E-state index contributed by atoms with van der Waals surface area (Å²) < 4.78 is 1.89. The lowest BCUT2D eigenvalue weighted by molar-refractivity contribution is 0.475. The number of anilines is 1. The van der Waals surface area contributed by atoms with E-state index in [0.717, 1.165) is 24.9 Å². The topological polar surface area (TPSA) is 64.1 Å². The van der Waals surface area contributed by atoms with Crippen LogP contribution in [0.15, 0.2) is 24.3 Å². The van der Waals surface area contributed by atoms with Crippen LogP contribution in [0.3, 0.4) is 0 Å². The number of aromatic hydroxyl groups is 1. The van der Waals surface area contributed by atoms with E-state index in [0.29, 0.717) is 5.82 Å². The maximum atomic E-state index is 9.25. The molecule has 0 saturated carbocycles. The summed E-state index contributed by atoms with van der Waals surface area (Å²) in [4.78, 5) is 0. The number of phenolic OH excluding ortho intramolecular Hbond substituents is 1. The number of fused-ring (bicyclic) bond motifs is 1. The molecule has 0 spiro atoms. The molecule has 0 bridgehead atoms. The predicted octanol–water partition coefficient (Wildman–Crippen LogP) is 1.65. The van der Waals surface area contributed by atoms with E-state index < -0.39 is 0 Å². The Balaban J connectivity index is 2.13. The van der Waals surface area contributed by atoms with E-state index in [-0.39, 0.29) is 5.75 Å². The fourth-order valence-corrected chi connectivity index (χ4v) is 2.27. The summed E-state index contributed by atoms with van der Waals surface area (Å²) in [6.45, 7) is 0. The first-order chi connectivity index (χ1) is 7.75. The molecule has 2 aromatic rings. The second kappa shape index (κ2) is 3.27. The van der Waals surface area contributed by atoms with Gasteiger partial charge in [0, 0.05) is 11.3 Å². The van der Waals surface area contributed by atoms with Crippen LogP contribution in [0.4, 0.5) is 5.82 Å². The van der Waals surface area contributed by atoms with Crippen molar-refractivity contribution in [3.05, 3.63) is 35.5 Å². The highest BCUT2D eigenvalue weighted by Crippen LogP contribution is 2.29. The molecular formula is C12H13N3O. The van der Waals surface area contributed by atoms with Crippen molar-refractivity contribution >= 4 is 5.82 Å². The van der Waals surface area contributed by atoms with Gasteiger partial charge in [-0.05, 0) is 43.5 Å². The minimum Gasteiger partial charge on any atom is -0.508 e. The molecule has 3 rings (SSSR count). The van der Waals surface area contributed by atoms with E-state index in [1.165, 1.54) is 11.3 Å². The Morgan fingerprint density at radius 2 is 1.94 bits per heavy atom. The molecule has 1 aromatic heterocycles. The number of benzene rings is 1. The molecule has 0 aliphatic heterocycles. The number of aromatic nitrogens is 2. The van der Waals surface area contributed by atoms with E-state index >= 15 is 0 Å². The van der Waals surface area contributed by atoms with Gasteiger partial charge >= 0.3 is 0 Å². The first-order valence-electron chi connectivity index (χ1n) is 5.41. The molecule has 4 heteroatoms. The molecular weight excluding hydrogens is 202 g/mol. The van der Waals surface area contributed by atoms with Crippen molar-refractivity contribution in [2.45, 2.75) is 19.3 Å². The fourth-order valence-electron chi connectivity index (χ4n) is 2.27. The molecule has 0 radical (unpaired) electrons. The molecule has 3 N–H and O–H groups in total. The highest BCUT2D eigenvalue weighted by atomic mass is 16.3. The van der Waals surface area contributed by atoms with Crippen molar-refractivity contribution in [3.63, 3.8) is 0 Å². The number of hydrogen-bond acceptors (Lipinski definition) is 3. The number of nitrogens with two attached hydrogens (primary N) is 1. The monoisotopic (exact) mass is 215 g/mol. The summed E-state index contributed by atoms with van der Waals surface area (Å²) in [5.41, 5.74) is 9.23. The lowest BCUT2D eigenvalue weighted by atomic mass is 10.2. The quantitative estimate of drug-likeness (QED) is 0.760. The molecule has 16 heavy (non-hydrogen) atoms. The van der Waals surface area contributed by atoms with Crippen LogP contribution in [-0.2, 0) is 12.8 Å². The molecule has 0 atom stereocenters. The van der Waals surface area contributed by atoms with Crippen molar-refractivity contribution in [2.75, 3.05) is 5.73 Å². The molecule has 0 fully saturated rings. The lowest BCUT2D eigenvalue weighted by Crippen LogP contribution is -2.01. The summed E-state index contributed by atoms with van der Waals surface area (Å²) >= 11 is 0. The van der Waals surface area contributed by atoms with E-state index in [2.05, 4.69) is 5.10 Å². The number of nitrogen functional groups attached to an aromatic ring is 1. The maximum absolute atomic E-state index is 9.25. The van der Waals surface area contributed by atoms with Gasteiger partial charge in [-0.2, -0.15) is 5.10 Å². The number of rotatable bonds is 1. The first-order valence-corrected chi connectivity index (χ1v) is 5.41. The van der Waals surface area contributed by atoms with Gasteiger partial charge in [-0.15, -0.1) is 0 Å². The molecule has 1 heterocycles. The molecule has 82 valence electrons. The van der Waals surface area contributed by atoms with Gasteiger partial charge in [0.1, 0.15) is 11.6 Å². The Labute approximate surface area is 93.3 Å². The predicted molar refractivity (Wildman–Crippen MR) is 61.7 cm³/mol. The van der Waals surface area contributed by atoms with Crippen LogP contribution in [0.5, 0.6) is 5.75 Å². The first kappa shape index (κ1) is 9.27. The Kier molecular flexibility index (Phi) is 1.89. The molecule has 0 saturated heterocycles. The van der Waals surface area contributed by atoms with Crippen LogP contribution in [0.1, 0.15) is 17.7 Å². The van der Waals surface area contributed by atoms with Gasteiger partial charge in [-0.1, -0.05) is 0 Å². The molecule has 0 amide bonds. The minimum absolute atomic E-state index is 0.264. The fraction of sp³-hybridized carbons (Fsp3) is 0.250. The van der Waals surface area contributed by atoms with Crippen molar-refractivity contribution in [1.29, 1.82) is 0 Å². The largest absolute Gasteiger partial charge is 0.508 e. The number of hydrogen-bond donors (Lipinski definition) is 2. The van der Waals surface area contributed by atoms with Crippen LogP contribution in [-0.4, -0.2) is 14.9 Å². The third kappa shape index (κ3) is 1.26. The zero-order valence-electron chi connectivity index (χ0n) is 8.85. The van der Waals surface area contributed by atoms with E-state index in [1.54, 1.807) is 12.1 Å². The van der Waals surface area contributed by atoms with Crippen molar-refractivity contribution in [2.24, 2.45) is 0 Å². The van der Waals surface area contributed by atoms with Gasteiger partial charge in [-0.3, -0.25) is 0 Å². The van der Waals surface area contributed by atoms with Gasteiger partial charge in [0.25, 0.3) is 0 Å². The molecule has 4 nitrogen and oxygen atoms in total. The molecule has 0 unspecified atom stereocenters. The zero-order chi connectivity index (χ0) is 11.1.